The quantitative estimate of drug-likeness (QED) is 0.0361. The minimum Gasteiger partial charge on any atom is -0.491 e. The number of ether oxygens (including phenoxy) is 5. The number of rotatable bonds is 29. The predicted octanol–water partition coefficient (Wildman–Crippen LogP) is 5.87. The molecule has 0 aliphatic rings. The monoisotopic (exact) mass is 849 g/mol. The van der Waals surface area contributed by atoms with Crippen LogP contribution in [0.1, 0.15) is 42.0 Å². The first-order valence-corrected chi connectivity index (χ1v) is 21.1. The first-order valence-electron chi connectivity index (χ1n) is 21.1. The van der Waals surface area contributed by atoms with Gasteiger partial charge in [0.25, 0.3) is 0 Å². The number of nitrogens with one attached hydrogen (secondary N) is 3. The first-order chi connectivity index (χ1) is 30.3. The molecule has 0 bridgehead atoms. The van der Waals surface area contributed by atoms with Gasteiger partial charge in [0.05, 0.1) is 65.3 Å². The number of amides is 2. The van der Waals surface area contributed by atoms with Gasteiger partial charge in [0.2, 0.25) is 11.8 Å². The van der Waals surface area contributed by atoms with Crippen molar-refractivity contribution in [2.75, 3.05) is 77.9 Å². The van der Waals surface area contributed by atoms with Gasteiger partial charge in [-0.1, -0.05) is 84.9 Å². The SMILES string of the molecule is Cc1ccnc(NCCCC(=O)N[C@@H](Cc2ccccc2)C(=O)N[C@@H](CC(=O)O)c2ccc(-c3ccc(OCCOCCOCCOCCOCCN)c4ccccc34)cc2)c1. The van der Waals surface area contributed by atoms with Crippen molar-refractivity contribution in [3.8, 4) is 16.9 Å². The van der Waals surface area contributed by atoms with E-state index in [0.29, 0.717) is 84.5 Å². The molecule has 4 aromatic carbocycles. The summed E-state index contributed by atoms with van der Waals surface area (Å²) in [5.74, 6) is -0.358. The Hall–Kier alpha value is -5.90. The molecule has 14 heteroatoms. The number of aliphatic carboxylic acids is 1. The van der Waals surface area contributed by atoms with Crippen molar-refractivity contribution in [1.82, 2.24) is 15.6 Å². The van der Waals surface area contributed by atoms with Gasteiger partial charge in [-0.3, -0.25) is 14.4 Å². The molecule has 0 aliphatic carbocycles. The lowest BCUT2D eigenvalue weighted by atomic mass is 9.95. The predicted molar refractivity (Wildman–Crippen MR) is 239 cm³/mol. The van der Waals surface area contributed by atoms with Crippen molar-refractivity contribution >= 4 is 34.4 Å². The second-order valence-corrected chi connectivity index (χ2v) is 14.6. The van der Waals surface area contributed by atoms with Gasteiger partial charge < -0.3 is 50.5 Å². The van der Waals surface area contributed by atoms with Gasteiger partial charge in [0, 0.05) is 37.5 Å². The molecule has 1 heterocycles. The smallest absolute Gasteiger partial charge is 0.305 e. The number of pyridine rings is 1. The zero-order chi connectivity index (χ0) is 43.8. The molecule has 330 valence electrons. The van der Waals surface area contributed by atoms with E-state index >= 15 is 0 Å². The largest absolute Gasteiger partial charge is 0.491 e. The molecule has 1 aromatic heterocycles. The van der Waals surface area contributed by atoms with Gasteiger partial charge in [-0.05, 0) is 64.7 Å². The topological polar surface area (TPSA) is 193 Å². The summed E-state index contributed by atoms with van der Waals surface area (Å²) in [5, 5.41) is 20.9. The van der Waals surface area contributed by atoms with E-state index in [-0.39, 0.29) is 25.2 Å². The van der Waals surface area contributed by atoms with Crippen LogP contribution in [0.25, 0.3) is 21.9 Å². The fourth-order valence-corrected chi connectivity index (χ4v) is 6.72. The molecule has 0 spiro atoms. The summed E-state index contributed by atoms with van der Waals surface area (Å²) in [5.41, 5.74) is 9.82. The first kappa shape index (κ1) is 47.2. The van der Waals surface area contributed by atoms with Gasteiger partial charge in [-0.25, -0.2) is 4.98 Å². The van der Waals surface area contributed by atoms with Crippen LogP contribution in [0.15, 0.2) is 109 Å². The Morgan fingerprint density at radius 1 is 0.726 bits per heavy atom. The van der Waals surface area contributed by atoms with E-state index in [0.717, 1.165) is 44.6 Å². The number of aromatic nitrogens is 1. The maximum absolute atomic E-state index is 13.9. The van der Waals surface area contributed by atoms with Gasteiger partial charge in [0.15, 0.2) is 0 Å². The lowest BCUT2D eigenvalue weighted by molar-refractivity contribution is -0.138. The fraction of sp³-hybridized carbons (Fsp3) is 0.375. The minimum atomic E-state index is -1.07. The number of benzene rings is 4. The van der Waals surface area contributed by atoms with E-state index in [1.807, 2.05) is 110 Å². The van der Waals surface area contributed by atoms with E-state index in [1.54, 1.807) is 6.20 Å². The van der Waals surface area contributed by atoms with Crippen LogP contribution in [0.3, 0.4) is 0 Å². The van der Waals surface area contributed by atoms with Gasteiger partial charge >= 0.3 is 5.97 Å². The molecular formula is C48H59N5O9. The van der Waals surface area contributed by atoms with Gasteiger partial charge in [0.1, 0.15) is 24.2 Å². The van der Waals surface area contributed by atoms with Gasteiger partial charge in [-0.15, -0.1) is 0 Å². The third-order valence-electron chi connectivity index (χ3n) is 9.80. The van der Waals surface area contributed by atoms with Crippen LogP contribution in [-0.2, 0) is 39.8 Å². The van der Waals surface area contributed by atoms with E-state index in [1.165, 1.54) is 0 Å². The highest BCUT2D eigenvalue weighted by Crippen LogP contribution is 2.35. The lowest BCUT2D eigenvalue weighted by Gasteiger charge is -2.23. The average Bonchev–Trinajstić information content (AvgIpc) is 3.28. The Labute approximate surface area is 363 Å². The number of hydrogen-bond acceptors (Lipinski definition) is 11. The number of fused-ring (bicyclic) bond motifs is 1. The Balaban J connectivity index is 1.16. The van der Waals surface area contributed by atoms with E-state index < -0.39 is 24.0 Å². The molecule has 0 saturated heterocycles. The number of hydrogen-bond donors (Lipinski definition) is 5. The maximum Gasteiger partial charge on any atom is 0.305 e. The molecule has 0 radical (unpaired) electrons. The lowest BCUT2D eigenvalue weighted by Crippen LogP contribution is -2.49. The number of carbonyl (C=O) groups excluding carboxylic acids is 2. The van der Waals surface area contributed by atoms with Crippen molar-refractivity contribution in [3.63, 3.8) is 0 Å². The normalized spacial score (nSPS) is 12.1. The Morgan fingerprint density at radius 2 is 1.37 bits per heavy atom. The molecule has 14 nitrogen and oxygen atoms in total. The molecule has 0 saturated carbocycles. The highest BCUT2D eigenvalue weighted by molar-refractivity contribution is 6.00. The van der Waals surface area contributed by atoms with Crippen LogP contribution in [0.5, 0.6) is 5.75 Å². The summed E-state index contributed by atoms with van der Waals surface area (Å²) in [6.45, 7) is 7.16. The zero-order valence-corrected chi connectivity index (χ0v) is 35.4. The minimum absolute atomic E-state index is 0.190. The summed E-state index contributed by atoms with van der Waals surface area (Å²) in [6, 6.07) is 30.9. The van der Waals surface area contributed by atoms with Crippen molar-refractivity contribution in [2.24, 2.45) is 5.73 Å². The summed E-state index contributed by atoms with van der Waals surface area (Å²) < 4.78 is 28.1. The van der Waals surface area contributed by atoms with Crippen molar-refractivity contribution in [1.29, 1.82) is 0 Å². The van der Waals surface area contributed by atoms with E-state index in [2.05, 4.69) is 20.9 Å². The van der Waals surface area contributed by atoms with Crippen LogP contribution < -0.4 is 26.4 Å². The number of nitrogens with two attached hydrogens (primary N) is 1. The summed E-state index contributed by atoms with van der Waals surface area (Å²) in [4.78, 5) is 43.4. The Bertz CT molecular complexity index is 2120. The Morgan fingerprint density at radius 3 is 2.03 bits per heavy atom. The second kappa shape index (κ2) is 26.4. The van der Waals surface area contributed by atoms with E-state index in [4.69, 9.17) is 29.4 Å². The van der Waals surface area contributed by atoms with Crippen LogP contribution in [-0.4, -0.2) is 106 Å². The molecule has 6 N–H and O–H groups in total. The molecule has 2 atom stereocenters. The van der Waals surface area contributed by atoms with Crippen LogP contribution in [0, 0.1) is 6.92 Å². The molecule has 0 aliphatic heterocycles. The molecule has 5 aromatic rings. The average molecular weight is 850 g/mol. The van der Waals surface area contributed by atoms with Crippen molar-refractivity contribution in [3.05, 3.63) is 126 Å². The highest BCUT2D eigenvalue weighted by atomic mass is 16.6. The van der Waals surface area contributed by atoms with Crippen LogP contribution in [0.4, 0.5) is 5.82 Å². The maximum atomic E-state index is 13.9. The molecule has 0 fully saturated rings. The number of carboxylic acid groups (broad SMARTS) is 1. The van der Waals surface area contributed by atoms with E-state index in [9.17, 15) is 19.5 Å². The molecule has 2 amide bonds. The molecule has 62 heavy (non-hydrogen) atoms. The number of nitrogens with zero attached hydrogens (tertiary/aromatic N) is 1. The summed E-state index contributed by atoms with van der Waals surface area (Å²) >= 11 is 0. The molecular weight excluding hydrogens is 791 g/mol. The number of carbonyl (C=O) groups is 3. The standard InChI is InChI=1S/C48H59N5O9/c1-35-19-22-51-45(32-35)50-21-7-12-46(54)52-43(33-36-8-3-2-4-9-36)48(57)53-42(34-47(55)56)38-15-13-37(14-16-38)39-17-18-44(41-11-6-5-10-40(39)41)62-31-30-61-29-28-60-27-26-59-25-24-58-23-20-49/h2-6,8-11,13-19,22,32,42-43H,7,12,20-21,23-31,33-34,49H2,1H3,(H,50,51)(H,52,54)(H,53,57)(H,55,56)/t42-,43-/m0/s1. The van der Waals surface area contributed by atoms with Crippen molar-refractivity contribution in [2.45, 2.75) is 44.7 Å². The number of aryl methyl sites for hydroxylation is 1. The third-order valence-corrected chi connectivity index (χ3v) is 9.80. The molecule has 5 rings (SSSR count). The molecule has 0 unspecified atom stereocenters. The highest BCUT2D eigenvalue weighted by Gasteiger charge is 2.26. The zero-order valence-electron chi connectivity index (χ0n) is 35.4. The number of anilines is 1. The van der Waals surface area contributed by atoms with Crippen LogP contribution in [0.2, 0.25) is 0 Å². The summed E-state index contributed by atoms with van der Waals surface area (Å²) in [6.07, 6.45) is 2.33. The van der Waals surface area contributed by atoms with Crippen LogP contribution >= 0.6 is 0 Å². The van der Waals surface area contributed by atoms with Crippen molar-refractivity contribution < 1.29 is 43.2 Å². The second-order valence-electron chi connectivity index (χ2n) is 14.6. The third kappa shape index (κ3) is 16.2. The Kier molecular flexibility index (Phi) is 20.1. The van der Waals surface area contributed by atoms with Gasteiger partial charge in [-0.2, -0.15) is 0 Å². The number of carboxylic acids is 1. The fourth-order valence-electron chi connectivity index (χ4n) is 6.72. The summed E-state index contributed by atoms with van der Waals surface area (Å²) in [7, 11) is 0.